The van der Waals surface area contributed by atoms with E-state index in [1.807, 2.05) is 32.3 Å². The van der Waals surface area contributed by atoms with Crippen molar-refractivity contribution in [3.8, 4) is 0 Å². The Bertz CT molecular complexity index is 627. The summed E-state index contributed by atoms with van der Waals surface area (Å²) in [6, 6.07) is 5.92. The van der Waals surface area contributed by atoms with Gasteiger partial charge in [0, 0.05) is 13.1 Å². The Hall–Kier alpha value is -2.01. The molecule has 1 fully saturated rings. The van der Waals surface area contributed by atoms with Crippen LogP contribution in [0.15, 0.2) is 35.1 Å². The van der Waals surface area contributed by atoms with E-state index in [-0.39, 0.29) is 5.91 Å². The zero-order chi connectivity index (χ0) is 15.0. The van der Waals surface area contributed by atoms with Gasteiger partial charge < -0.3 is 5.32 Å². The van der Waals surface area contributed by atoms with Crippen LogP contribution in [0.5, 0.6) is 0 Å². The zero-order valence-electron chi connectivity index (χ0n) is 12.8. The summed E-state index contributed by atoms with van der Waals surface area (Å²) in [5, 5.41) is 7.62. The molecule has 0 aromatic carbocycles. The molecule has 1 aliphatic carbocycles. The molecule has 1 saturated carbocycles. The van der Waals surface area contributed by atoms with Gasteiger partial charge in [0.25, 0.3) is 0 Å². The Morgan fingerprint density at radius 1 is 1.33 bits per heavy atom. The number of carbonyl (C=O) groups excluding carboxylic acids is 1. The maximum Gasteiger partial charge on any atom is 0.222 e. The first-order chi connectivity index (χ1) is 9.99. The summed E-state index contributed by atoms with van der Waals surface area (Å²) in [6.45, 7) is 1.53. The summed E-state index contributed by atoms with van der Waals surface area (Å²) in [4.78, 5) is 16.0. The van der Waals surface area contributed by atoms with Crippen molar-refractivity contribution < 1.29 is 9.39 Å². The molecule has 21 heavy (non-hydrogen) atoms. The van der Waals surface area contributed by atoms with Gasteiger partial charge in [0.15, 0.2) is 11.5 Å². The fourth-order valence-electron chi connectivity index (χ4n) is 3.02. The van der Waals surface area contributed by atoms with Gasteiger partial charge in [-0.15, -0.1) is 0 Å². The van der Waals surface area contributed by atoms with Crippen molar-refractivity contribution >= 4 is 17.4 Å². The second kappa shape index (κ2) is 5.07. The standard InChI is InChI=1S/C16H20N4O/c1-11(21)18-16-14(12-7-6-8-12)15(20(2,3)19-16)13-9-4-5-10-17-13/h4-5,9-10,12H,6-8H2,1-3H3/p+1. The lowest BCUT2D eigenvalue weighted by Gasteiger charge is -2.28. The minimum atomic E-state index is -0.0761. The number of pyridine rings is 1. The van der Waals surface area contributed by atoms with E-state index in [0.29, 0.717) is 10.5 Å². The van der Waals surface area contributed by atoms with Crippen LogP contribution in [0.1, 0.15) is 31.9 Å². The van der Waals surface area contributed by atoms with Gasteiger partial charge in [-0.3, -0.25) is 9.78 Å². The molecule has 1 aromatic rings. The lowest BCUT2D eigenvalue weighted by molar-refractivity contribution is -0.823. The number of amides is 1. The first-order valence-corrected chi connectivity index (χ1v) is 7.37. The van der Waals surface area contributed by atoms with Crippen LogP contribution in [0.4, 0.5) is 0 Å². The number of aromatic nitrogens is 1. The van der Waals surface area contributed by atoms with E-state index in [1.54, 1.807) is 6.20 Å². The van der Waals surface area contributed by atoms with E-state index < -0.39 is 0 Å². The van der Waals surface area contributed by atoms with Gasteiger partial charge >= 0.3 is 0 Å². The van der Waals surface area contributed by atoms with Crippen LogP contribution in [0.2, 0.25) is 0 Å². The second-order valence-corrected chi connectivity index (χ2v) is 6.13. The van der Waals surface area contributed by atoms with E-state index in [4.69, 9.17) is 5.10 Å². The fourth-order valence-corrected chi connectivity index (χ4v) is 3.02. The molecular weight excluding hydrogens is 264 g/mol. The normalized spacial score (nSPS) is 21.0. The SMILES string of the molecule is CC(=O)NC1=N[N+](C)(C)C(c2ccccn2)=C1C1CCC1. The molecule has 0 unspecified atom stereocenters. The van der Waals surface area contributed by atoms with Crippen LogP contribution in [0, 0.1) is 5.92 Å². The van der Waals surface area contributed by atoms with Gasteiger partial charge in [0.2, 0.25) is 5.91 Å². The first kappa shape index (κ1) is 13.9. The van der Waals surface area contributed by atoms with E-state index in [1.165, 1.54) is 18.9 Å². The highest BCUT2D eigenvalue weighted by molar-refractivity contribution is 6.12. The molecule has 1 aliphatic heterocycles. The molecule has 5 heteroatoms. The number of amidine groups is 1. The maximum absolute atomic E-state index is 11.5. The van der Waals surface area contributed by atoms with Crippen molar-refractivity contribution in [3.63, 3.8) is 0 Å². The van der Waals surface area contributed by atoms with Crippen molar-refractivity contribution in [2.75, 3.05) is 14.1 Å². The Kier molecular flexibility index (Phi) is 3.37. The molecular formula is C16H21N4O+. The molecule has 0 atom stereocenters. The van der Waals surface area contributed by atoms with Gasteiger partial charge in [0.05, 0.1) is 19.7 Å². The average Bonchev–Trinajstić information content (AvgIpc) is 2.59. The number of hydrogen-bond donors (Lipinski definition) is 1. The topological polar surface area (TPSA) is 54.4 Å². The summed E-state index contributed by atoms with van der Waals surface area (Å²) in [7, 11) is 4.05. The molecule has 5 nitrogen and oxygen atoms in total. The van der Waals surface area contributed by atoms with E-state index in [0.717, 1.165) is 30.1 Å². The molecule has 110 valence electrons. The van der Waals surface area contributed by atoms with Crippen molar-refractivity contribution in [1.29, 1.82) is 0 Å². The molecule has 3 rings (SSSR count). The van der Waals surface area contributed by atoms with Gasteiger partial charge in [0.1, 0.15) is 5.69 Å². The summed E-state index contributed by atoms with van der Waals surface area (Å²) >= 11 is 0. The third-order valence-electron chi connectivity index (χ3n) is 4.12. The Morgan fingerprint density at radius 3 is 2.62 bits per heavy atom. The van der Waals surface area contributed by atoms with Crippen LogP contribution in [-0.2, 0) is 4.79 Å². The number of nitrogens with one attached hydrogen (secondary N) is 1. The van der Waals surface area contributed by atoms with Crippen LogP contribution < -0.4 is 5.32 Å². The number of hydrogen-bond acceptors (Lipinski definition) is 3. The van der Waals surface area contributed by atoms with Crippen LogP contribution in [0.3, 0.4) is 0 Å². The molecule has 0 radical (unpaired) electrons. The molecule has 2 heterocycles. The van der Waals surface area contributed by atoms with Gasteiger partial charge in [-0.05, 0) is 30.9 Å². The lowest BCUT2D eigenvalue weighted by atomic mass is 9.78. The summed E-state index contributed by atoms with van der Waals surface area (Å²) in [5.74, 6) is 1.12. The van der Waals surface area contributed by atoms with Crippen LogP contribution in [0.25, 0.3) is 5.70 Å². The quantitative estimate of drug-likeness (QED) is 0.846. The largest absolute Gasteiger partial charge is 0.306 e. The highest BCUT2D eigenvalue weighted by Crippen LogP contribution is 2.43. The number of carbonyl (C=O) groups is 1. The first-order valence-electron chi connectivity index (χ1n) is 7.37. The number of rotatable bonds is 2. The number of nitrogens with zero attached hydrogens (tertiary/aromatic N) is 3. The van der Waals surface area contributed by atoms with Gasteiger partial charge in [-0.1, -0.05) is 17.6 Å². The molecule has 1 N–H and O–H groups in total. The minimum Gasteiger partial charge on any atom is -0.306 e. The summed E-state index contributed by atoms with van der Waals surface area (Å²) in [6.07, 6.45) is 5.36. The summed E-state index contributed by atoms with van der Waals surface area (Å²) < 4.78 is 0.373. The average molecular weight is 285 g/mol. The molecule has 0 spiro atoms. The van der Waals surface area contributed by atoms with Gasteiger partial charge in [-0.2, -0.15) is 4.59 Å². The molecule has 2 aliphatic rings. The van der Waals surface area contributed by atoms with Crippen LogP contribution >= 0.6 is 0 Å². The predicted octanol–water partition coefficient (Wildman–Crippen LogP) is 2.13. The Labute approximate surface area is 125 Å². The smallest absolute Gasteiger partial charge is 0.222 e. The lowest BCUT2D eigenvalue weighted by Crippen LogP contribution is -2.33. The van der Waals surface area contributed by atoms with Crippen molar-refractivity contribution in [2.45, 2.75) is 26.2 Å². The van der Waals surface area contributed by atoms with Gasteiger partial charge in [-0.25, -0.2) is 0 Å². The third-order valence-corrected chi connectivity index (χ3v) is 4.12. The monoisotopic (exact) mass is 285 g/mol. The predicted molar refractivity (Wildman–Crippen MR) is 81.9 cm³/mol. The van der Waals surface area contributed by atoms with Crippen molar-refractivity contribution in [1.82, 2.24) is 10.3 Å². The molecule has 1 aromatic heterocycles. The fraction of sp³-hybridized carbons (Fsp3) is 0.438. The molecule has 1 amide bonds. The zero-order valence-corrected chi connectivity index (χ0v) is 12.8. The minimum absolute atomic E-state index is 0.0761. The highest BCUT2D eigenvalue weighted by Gasteiger charge is 2.43. The highest BCUT2D eigenvalue weighted by atomic mass is 16.1. The molecule has 0 saturated heterocycles. The third kappa shape index (κ3) is 2.49. The van der Waals surface area contributed by atoms with E-state index >= 15 is 0 Å². The van der Waals surface area contributed by atoms with Crippen molar-refractivity contribution in [3.05, 3.63) is 35.7 Å². The molecule has 0 bridgehead atoms. The maximum atomic E-state index is 11.5. The Balaban J connectivity index is 2.12. The Morgan fingerprint density at radius 2 is 2.10 bits per heavy atom. The number of quaternary nitrogens is 1. The summed E-state index contributed by atoms with van der Waals surface area (Å²) in [5.41, 5.74) is 3.21. The van der Waals surface area contributed by atoms with Crippen molar-refractivity contribution in [2.24, 2.45) is 11.0 Å². The van der Waals surface area contributed by atoms with E-state index in [9.17, 15) is 4.79 Å². The van der Waals surface area contributed by atoms with E-state index in [2.05, 4.69) is 10.3 Å². The second-order valence-electron chi connectivity index (χ2n) is 6.13. The van der Waals surface area contributed by atoms with Crippen LogP contribution in [-0.4, -0.2) is 35.4 Å².